The van der Waals surface area contributed by atoms with Gasteiger partial charge in [-0.3, -0.25) is 0 Å². The van der Waals surface area contributed by atoms with Crippen LogP contribution in [0.1, 0.15) is 0 Å². The van der Waals surface area contributed by atoms with Crippen LogP contribution in [-0.2, 0) is 0 Å². The predicted molar refractivity (Wildman–Crippen MR) is 116 cm³/mol. The van der Waals surface area contributed by atoms with Crippen molar-refractivity contribution < 1.29 is 8.78 Å². The number of halogens is 2. The van der Waals surface area contributed by atoms with Gasteiger partial charge in [-0.15, -0.1) is 0 Å². The molecule has 3 aromatic rings. The topological polar surface area (TPSA) is 37.7 Å². The fourth-order valence-corrected chi connectivity index (χ4v) is 3.42. The Kier molecular flexibility index (Phi) is 4.51. The number of hydrogen-bond donors (Lipinski definition) is 0. The highest BCUT2D eigenvalue weighted by Crippen LogP contribution is 2.32. The number of anilines is 4. The number of benzene rings is 3. The summed E-state index contributed by atoms with van der Waals surface area (Å²) in [5, 5.41) is 12.2. The van der Waals surface area contributed by atoms with E-state index in [2.05, 4.69) is 10.2 Å². The third-order valence-electron chi connectivity index (χ3n) is 4.98. The highest BCUT2D eigenvalue weighted by Gasteiger charge is 2.25. The van der Waals surface area contributed by atoms with E-state index in [4.69, 9.17) is 0 Å². The van der Waals surface area contributed by atoms with Crippen LogP contribution in [0.2, 0.25) is 0 Å². The molecule has 5 rings (SSSR count). The van der Waals surface area contributed by atoms with Crippen LogP contribution in [0.25, 0.3) is 0 Å². The molecule has 6 nitrogen and oxygen atoms in total. The van der Waals surface area contributed by atoms with Gasteiger partial charge in [0.2, 0.25) is 0 Å². The second kappa shape index (κ2) is 7.47. The summed E-state index contributed by atoms with van der Waals surface area (Å²) in [5.41, 5.74) is 2.29. The SMILES string of the molecule is Fc1cc(F)c(N2C=NN(c3ccccc3)C2)cc1N1C=NN(c2ccccc2)C1. The van der Waals surface area contributed by atoms with Gasteiger partial charge in [0.1, 0.15) is 37.6 Å². The van der Waals surface area contributed by atoms with Crippen LogP contribution < -0.4 is 19.8 Å². The molecule has 150 valence electrons. The van der Waals surface area contributed by atoms with Crippen LogP contribution >= 0.6 is 0 Å². The predicted octanol–water partition coefficient (Wildman–Crippen LogP) is 4.42. The van der Waals surface area contributed by atoms with E-state index >= 15 is 0 Å². The van der Waals surface area contributed by atoms with Crippen molar-refractivity contribution in [3.05, 3.63) is 84.4 Å². The Hall–Kier alpha value is -3.94. The Balaban J connectivity index is 1.38. The van der Waals surface area contributed by atoms with Gasteiger partial charge in [-0.2, -0.15) is 10.2 Å². The Morgan fingerprint density at radius 2 is 1.03 bits per heavy atom. The van der Waals surface area contributed by atoms with E-state index in [9.17, 15) is 8.78 Å². The van der Waals surface area contributed by atoms with Gasteiger partial charge in [0.25, 0.3) is 0 Å². The molecule has 0 aromatic heterocycles. The minimum Gasteiger partial charge on any atom is -0.308 e. The van der Waals surface area contributed by atoms with Gasteiger partial charge in [0, 0.05) is 6.07 Å². The van der Waals surface area contributed by atoms with Crippen molar-refractivity contribution in [2.45, 2.75) is 0 Å². The van der Waals surface area contributed by atoms with E-state index in [-0.39, 0.29) is 11.4 Å². The first-order valence-electron chi connectivity index (χ1n) is 9.45. The van der Waals surface area contributed by atoms with E-state index < -0.39 is 11.6 Å². The minimum absolute atomic E-state index is 0.250. The molecule has 0 aliphatic carbocycles. The molecule has 0 atom stereocenters. The maximum Gasteiger partial charge on any atom is 0.149 e. The molecule has 3 aromatic carbocycles. The third-order valence-corrected chi connectivity index (χ3v) is 4.98. The first-order chi connectivity index (χ1) is 14.7. The lowest BCUT2D eigenvalue weighted by Gasteiger charge is -2.23. The Labute approximate surface area is 172 Å². The van der Waals surface area contributed by atoms with Gasteiger partial charge in [0.15, 0.2) is 0 Å². The molecule has 0 saturated carbocycles. The fraction of sp³-hybridized carbons (Fsp3) is 0.0909. The normalized spacial score (nSPS) is 15.5. The first-order valence-corrected chi connectivity index (χ1v) is 9.45. The number of rotatable bonds is 4. The summed E-state index contributed by atoms with van der Waals surface area (Å²) in [6, 6.07) is 21.6. The molecule has 0 amide bonds. The van der Waals surface area contributed by atoms with Crippen LogP contribution in [0.3, 0.4) is 0 Å². The van der Waals surface area contributed by atoms with Crippen molar-refractivity contribution in [3.8, 4) is 0 Å². The lowest BCUT2D eigenvalue weighted by atomic mass is 10.2. The van der Waals surface area contributed by atoms with Crippen LogP contribution in [0.4, 0.5) is 31.5 Å². The highest BCUT2D eigenvalue weighted by atomic mass is 19.1. The summed E-state index contributed by atoms with van der Waals surface area (Å²) in [5.74, 6) is -1.29. The Morgan fingerprint density at radius 3 is 1.47 bits per heavy atom. The Bertz CT molecular complexity index is 1020. The van der Waals surface area contributed by atoms with Crippen molar-refractivity contribution in [2.24, 2.45) is 10.2 Å². The van der Waals surface area contributed by atoms with E-state index in [0.29, 0.717) is 13.3 Å². The molecule has 0 spiro atoms. The number of hydrazone groups is 2. The summed E-state index contributed by atoms with van der Waals surface area (Å²) in [7, 11) is 0. The number of para-hydroxylation sites is 2. The van der Waals surface area contributed by atoms with Gasteiger partial charge in [0.05, 0.1) is 22.7 Å². The lowest BCUT2D eigenvalue weighted by Crippen LogP contribution is -2.29. The zero-order valence-electron chi connectivity index (χ0n) is 15.9. The van der Waals surface area contributed by atoms with E-state index in [1.54, 1.807) is 32.5 Å². The van der Waals surface area contributed by atoms with Gasteiger partial charge < -0.3 is 9.80 Å². The van der Waals surface area contributed by atoms with E-state index in [1.165, 1.54) is 6.07 Å². The second-order valence-corrected chi connectivity index (χ2v) is 6.91. The average Bonchev–Trinajstić information content (AvgIpc) is 3.46. The molecule has 2 aliphatic rings. The maximum atomic E-state index is 14.6. The monoisotopic (exact) mass is 404 g/mol. The average molecular weight is 404 g/mol. The van der Waals surface area contributed by atoms with Crippen LogP contribution in [0.5, 0.6) is 0 Å². The van der Waals surface area contributed by atoms with Crippen molar-refractivity contribution in [1.82, 2.24) is 0 Å². The molecule has 0 unspecified atom stereocenters. The summed E-state index contributed by atoms with van der Waals surface area (Å²) >= 11 is 0. The standard InChI is InChI=1S/C22H18F2N6/c23-19-11-20(24)22(28-14-26-30(16-28)18-9-5-2-6-10-18)12-21(19)27-13-25-29(15-27)17-7-3-1-4-8-17/h1-14H,15-16H2. The van der Waals surface area contributed by atoms with Crippen LogP contribution in [-0.4, -0.2) is 26.0 Å². The van der Waals surface area contributed by atoms with Crippen molar-refractivity contribution in [2.75, 3.05) is 33.2 Å². The molecule has 2 heterocycles. The summed E-state index contributed by atoms with van der Waals surface area (Å²) in [4.78, 5) is 3.29. The first kappa shape index (κ1) is 18.1. The van der Waals surface area contributed by atoms with Gasteiger partial charge >= 0.3 is 0 Å². The third kappa shape index (κ3) is 3.32. The summed E-state index contributed by atoms with van der Waals surface area (Å²) < 4.78 is 29.2. The number of nitrogens with zero attached hydrogens (tertiary/aromatic N) is 6. The second-order valence-electron chi connectivity index (χ2n) is 6.91. The largest absolute Gasteiger partial charge is 0.308 e. The summed E-state index contributed by atoms with van der Waals surface area (Å²) in [6.45, 7) is 0.659. The summed E-state index contributed by atoms with van der Waals surface area (Å²) in [6.07, 6.45) is 3.09. The molecular formula is C22H18F2N6. The maximum absolute atomic E-state index is 14.6. The van der Waals surface area contributed by atoms with E-state index in [0.717, 1.165) is 17.4 Å². The van der Waals surface area contributed by atoms with Gasteiger partial charge in [-0.25, -0.2) is 18.8 Å². The van der Waals surface area contributed by atoms with Gasteiger partial charge in [-0.1, -0.05) is 36.4 Å². The molecule has 0 N–H and O–H groups in total. The highest BCUT2D eigenvalue weighted by molar-refractivity contribution is 5.88. The molecule has 0 radical (unpaired) electrons. The van der Waals surface area contributed by atoms with E-state index in [1.807, 2.05) is 60.7 Å². The zero-order chi connectivity index (χ0) is 20.5. The molecule has 0 fully saturated rings. The smallest absolute Gasteiger partial charge is 0.149 e. The number of hydrogen-bond acceptors (Lipinski definition) is 6. The minimum atomic E-state index is -0.645. The quantitative estimate of drug-likeness (QED) is 0.645. The Morgan fingerprint density at radius 1 is 0.600 bits per heavy atom. The lowest BCUT2D eigenvalue weighted by molar-refractivity contribution is 0.583. The van der Waals surface area contributed by atoms with Crippen molar-refractivity contribution >= 4 is 35.4 Å². The van der Waals surface area contributed by atoms with Gasteiger partial charge in [-0.05, 0) is 30.3 Å². The van der Waals surface area contributed by atoms with Crippen molar-refractivity contribution in [1.29, 1.82) is 0 Å². The zero-order valence-corrected chi connectivity index (χ0v) is 15.9. The van der Waals surface area contributed by atoms with Crippen molar-refractivity contribution in [3.63, 3.8) is 0 Å². The molecule has 30 heavy (non-hydrogen) atoms. The van der Waals surface area contributed by atoms with Crippen LogP contribution in [0.15, 0.2) is 83.0 Å². The molecule has 2 aliphatic heterocycles. The molecule has 8 heteroatoms. The fourth-order valence-electron chi connectivity index (χ4n) is 3.42. The van der Waals surface area contributed by atoms with Crippen LogP contribution in [0, 0.1) is 11.6 Å². The molecular weight excluding hydrogens is 386 g/mol. The molecule has 0 bridgehead atoms. The molecule has 0 saturated heterocycles.